The predicted molar refractivity (Wildman–Crippen MR) is 161 cm³/mol. The number of quaternary nitrogens is 1. The topological polar surface area (TPSA) is 33.1 Å². The summed E-state index contributed by atoms with van der Waals surface area (Å²) in [5, 5.41) is 21.4. The molecule has 0 aliphatic carbocycles. The van der Waals surface area contributed by atoms with Crippen molar-refractivity contribution in [3.63, 3.8) is 0 Å². The van der Waals surface area contributed by atoms with Gasteiger partial charge in [0, 0.05) is 35.9 Å². The number of hydrogen-bond donors (Lipinski definition) is 1. The fraction of sp³-hybridized carbons (Fsp3) is 0.306. The van der Waals surface area contributed by atoms with Gasteiger partial charge < -0.3 is 9.59 Å². The first kappa shape index (κ1) is 23.4. The normalized spacial score (nSPS) is 25.7. The van der Waals surface area contributed by atoms with Crippen LogP contribution >= 0.6 is 0 Å². The maximum absolute atomic E-state index is 12.2. The van der Waals surface area contributed by atoms with Crippen molar-refractivity contribution in [1.29, 1.82) is 0 Å². The molecule has 3 fully saturated rings. The molecule has 194 valence electrons. The van der Waals surface area contributed by atoms with Crippen LogP contribution in [0.15, 0.2) is 91.1 Å². The summed E-state index contributed by atoms with van der Waals surface area (Å²) in [6, 6.07) is 31.0. The van der Waals surface area contributed by atoms with E-state index in [9.17, 15) is 5.11 Å². The lowest BCUT2D eigenvalue weighted by Crippen LogP contribution is -2.67. The molecule has 2 bridgehead atoms. The van der Waals surface area contributed by atoms with E-state index < -0.39 is 6.10 Å². The average molecular weight is 512 g/mol. The summed E-state index contributed by atoms with van der Waals surface area (Å²) in [5.74, 6) is 1.44. The zero-order valence-corrected chi connectivity index (χ0v) is 22.6. The Morgan fingerprint density at radius 2 is 1.64 bits per heavy atom. The van der Waals surface area contributed by atoms with Gasteiger partial charge in [-0.1, -0.05) is 73.7 Å². The number of aliphatic hydroxyl groups is 1. The SMILES string of the molecule is CC[C@H]1C[N@+]2(Cc3cc4cccc5ccc6cccc3c6c54)CC[C@H]1C[C@@H]2[C@@H](O)c1ccnc2ccccc12. The fourth-order valence-corrected chi connectivity index (χ4v) is 8.55. The van der Waals surface area contributed by atoms with Gasteiger partial charge in [-0.2, -0.15) is 0 Å². The van der Waals surface area contributed by atoms with Crippen molar-refractivity contribution in [2.24, 2.45) is 11.8 Å². The summed E-state index contributed by atoms with van der Waals surface area (Å²) in [4.78, 5) is 4.59. The number of para-hydroxylation sites is 1. The van der Waals surface area contributed by atoms with E-state index in [0.717, 1.165) is 52.9 Å². The van der Waals surface area contributed by atoms with Crippen LogP contribution < -0.4 is 0 Å². The lowest BCUT2D eigenvalue weighted by molar-refractivity contribution is -0.985. The zero-order valence-electron chi connectivity index (χ0n) is 22.6. The summed E-state index contributed by atoms with van der Waals surface area (Å²) in [6.45, 7) is 5.64. The van der Waals surface area contributed by atoms with E-state index in [-0.39, 0.29) is 6.04 Å². The molecule has 1 aromatic heterocycles. The lowest BCUT2D eigenvalue weighted by Gasteiger charge is -2.58. The molecule has 0 amide bonds. The van der Waals surface area contributed by atoms with Crippen molar-refractivity contribution < 1.29 is 9.59 Å². The van der Waals surface area contributed by atoms with Crippen molar-refractivity contribution in [1.82, 2.24) is 4.98 Å². The van der Waals surface area contributed by atoms with Crippen LogP contribution in [0.2, 0.25) is 0 Å². The molecule has 3 saturated heterocycles. The third-order valence-corrected chi connectivity index (χ3v) is 10.4. The fourth-order valence-electron chi connectivity index (χ4n) is 8.55. The molecule has 0 unspecified atom stereocenters. The van der Waals surface area contributed by atoms with E-state index in [1.54, 1.807) is 0 Å². The van der Waals surface area contributed by atoms with Crippen LogP contribution in [0.5, 0.6) is 0 Å². The highest BCUT2D eigenvalue weighted by Crippen LogP contribution is 2.49. The third-order valence-electron chi connectivity index (χ3n) is 10.4. The Hall–Kier alpha value is -3.53. The van der Waals surface area contributed by atoms with Crippen molar-refractivity contribution in [2.75, 3.05) is 13.1 Å². The molecule has 3 aliphatic rings. The number of aromatic nitrogens is 1. The first-order valence-electron chi connectivity index (χ1n) is 14.7. The highest BCUT2D eigenvalue weighted by molar-refractivity contribution is 6.23. The molecule has 0 saturated carbocycles. The molecule has 5 atom stereocenters. The molecule has 6 aromatic rings. The van der Waals surface area contributed by atoms with Crippen LogP contribution in [0.25, 0.3) is 43.2 Å². The second kappa shape index (κ2) is 8.74. The van der Waals surface area contributed by atoms with Gasteiger partial charge >= 0.3 is 0 Å². The van der Waals surface area contributed by atoms with Gasteiger partial charge in [0.25, 0.3) is 0 Å². The van der Waals surface area contributed by atoms with Gasteiger partial charge in [-0.25, -0.2) is 0 Å². The first-order valence-corrected chi connectivity index (χ1v) is 14.7. The van der Waals surface area contributed by atoms with Crippen LogP contribution in [0.1, 0.15) is 43.4 Å². The minimum Gasteiger partial charge on any atom is -0.382 e. The van der Waals surface area contributed by atoms with Crippen LogP contribution in [-0.4, -0.2) is 33.7 Å². The Bertz CT molecular complexity index is 1840. The van der Waals surface area contributed by atoms with E-state index in [1.165, 1.54) is 50.7 Å². The van der Waals surface area contributed by atoms with Crippen molar-refractivity contribution in [3.05, 3.63) is 102 Å². The molecule has 1 N–H and O–H groups in total. The Morgan fingerprint density at radius 3 is 2.51 bits per heavy atom. The monoisotopic (exact) mass is 511 g/mol. The molecule has 3 nitrogen and oxygen atoms in total. The highest BCUT2D eigenvalue weighted by atomic mass is 16.3. The van der Waals surface area contributed by atoms with Gasteiger partial charge in [0.1, 0.15) is 18.7 Å². The van der Waals surface area contributed by atoms with Crippen LogP contribution in [-0.2, 0) is 6.54 Å². The summed E-state index contributed by atoms with van der Waals surface area (Å²) in [6.07, 6.45) is 4.96. The summed E-state index contributed by atoms with van der Waals surface area (Å²) in [5.41, 5.74) is 3.44. The molecule has 0 radical (unpaired) electrons. The standard InChI is InChI=1S/C36H35N2O/c1-2-23-21-38(18-16-26(23)20-33(38)36(39)31-15-17-37-32-12-4-3-10-30(31)32)22-28-19-27-9-5-7-24-13-14-25-8-6-11-29(28)35(25)34(24)27/h3-15,17,19,23,26,33,36,39H,2,16,18,20-22H2,1H3/q+1/t23-,26-,33+,36-,38-/m0/s1. The number of aliphatic hydroxyl groups excluding tert-OH is 1. The van der Waals surface area contributed by atoms with Crippen LogP contribution in [0.4, 0.5) is 0 Å². The number of fused-ring (bicyclic) bond motifs is 4. The summed E-state index contributed by atoms with van der Waals surface area (Å²) >= 11 is 0. The smallest absolute Gasteiger partial charge is 0.131 e. The molecular weight excluding hydrogens is 476 g/mol. The number of hydrogen-bond acceptors (Lipinski definition) is 2. The maximum Gasteiger partial charge on any atom is 0.131 e. The number of nitrogens with zero attached hydrogens (tertiary/aromatic N) is 2. The summed E-state index contributed by atoms with van der Waals surface area (Å²) < 4.78 is 0.979. The second-order valence-electron chi connectivity index (χ2n) is 12.2. The van der Waals surface area contributed by atoms with E-state index in [0.29, 0.717) is 5.92 Å². The zero-order chi connectivity index (χ0) is 26.1. The Morgan fingerprint density at radius 1 is 0.872 bits per heavy atom. The number of rotatable bonds is 5. The average Bonchev–Trinajstić information content (AvgIpc) is 2.99. The number of benzene rings is 5. The van der Waals surface area contributed by atoms with Gasteiger partial charge in [-0.3, -0.25) is 4.98 Å². The van der Waals surface area contributed by atoms with Gasteiger partial charge in [0.2, 0.25) is 0 Å². The first-order chi connectivity index (χ1) is 19.1. The Balaban J connectivity index is 1.29. The third kappa shape index (κ3) is 3.46. The van der Waals surface area contributed by atoms with Crippen molar-refractivity contribution in [3.8, 4) is 0 Å². The quantitative estimate of drug-likeness (QED) is 0.188. The van der Waals surface area contributed by atoms with E-state index >= 15 is 0 Å². The minimum atomic E-state index is -0.505. The van der Waals surface area contributed by atoms with Crippen LogP contribution in [0, 0.1) is 11.8 Å². The Kier molecular flexibility index (Phi) is 5.24. The second-order valence-corrected chi connectivity index (χ2v) is 12.2. The van der Waals surface area contributed by atoms with Crippen LogP contribution in [0.3, 0.4) is 0 Å². The molecule has 39 heavy (non-hydrogen) atoms. The van der Waals surface area contributed by atoms with Gasteiger partial charge in [0.05, 0.1) is 18.6 Å². The molecule has 0 spiro atoms. The predicted octanol–water partition coefficient (Wildman–Crippen LogP) is 8.00. The van der Waals surface area contributed by atoms with E-state index in [1.807, 2.05) is 12.3 Å². The Labute approximate surface area is 229 Å². The molecule has 5 aromatic carbocycles. The van der Waals surface area contributed by atoms with E-state index in [2.05, 4.69) is 90.8 Å². The van der Waals surface area contributed by atoms with Gasteiger partial charge in [-0.15, -0.1) is 0 Å². The minimum absolute atomic E-state index is 0.186. The molecule has 9 rings (SSSR count). The van der Waals surface area contributed by atoms with Crippen molar-refractivity contribution in [2.45, 2.75) is 44.9 Å². The van der Waals surface area contributed by atoms with Crippen molar-refractivity contribution >= 4 is 43.2 Å². The number of piperidine rings is 3. The van der Waals surface area contributed by atoms with Gasteiger partial charge in [-0.05, 0) is 68.4 Å². The molecule has 3 heteroatoms. The molecule has 3 aliphatic heterocycles. The lowest BCUT2D eigenvalue weighted by atomic mass is 9.70. The molecule has 4 heterocycles. The molecular formula is C36H35N2O+. The summed E-state index contributed by atoms with van der Waals surface area (Å²) in [7, 11) is 0. The largest absolute Gasteiger partial charge is 0.382 e. The highest BCUT2D eigenvalue weighted by Gasteiger charge is 2.54. The van der Waals surface area contributed by atoms with Gasteiger partial charge in [0.15, 0.2) is 0 Å². The maximum atomic E-state index is 12.2. The van der Waals surface area contributed by atoms with E-state index in [4.69, 9.17) is 0 Å². The number of pyridine rings is 1.